The molecule has 1 N–H and O–H groups in total. The van der Waals surface area contributed by atoms with E-state index in [0.717, 1.165) is 0 Å². The van der Waals surface area contributed by atoms with Crippen molar-refractivity contribution in [3.8, 4) is 5.88 Å². The van der Waals surface area contributed by atoms with Crippen molar-refractivity contribution in [2.75, 3.05) is 0 Å². The second-order valence-electron chi connectivity index (χ2n) is 2.77. The molecule has 66 valence electrons. The van der Waals surface area contributed by atoms with Crippen molar-refractivity contribution in [1.82, 2.24) is 9.97 Å². The molecule has 0 aliphatic rings. The van der Waals surface area contributed by atoms with E-state index in [1.165, 1.54) is 18.2 Å². The average molecular weight is 178 g/mol. The molecule has 0 unspecified atom stereocenters. The minimum absolute atomic E-state index is 0.155. The van der Waals surface area contributed by atoms with Gasteiger partial charge in [0, 0.05) is 6.07 Å². The van der Waals surface area contributed by atoms with Gasteiger partial charge in [-0.05, 0) is 19.1 Å². The van der Waals surface area contributed by atoms with Crippen LogP contribution in [0.4, 0.5) is 4.39 Å². The number of halogens is 1. The minimum Gasteiger partial charge on any atom is -0.492 e. The number of benzene rings is 1. The first kappa shape index (κ1) is 7.91. The Morgan fingerprint density at radius 2 is 2.00 bits per heavy atom. The van der Waals surface area contributed by atoms with E-state index in [-0.39, 0.29) is 11.7 Å². The highest BCUT2D eigenvalue weighted by Crippen LogP contribution is 2.17. The van der Waals surface area contributed by atoms with Gasteiger partial charge in [0.15, 0.2) is 0 Å². The molecule has 2 rings (SSSR count). The minimum atomic E-state index is -0.384. The summed E-state index contributed by atoms with van der Waals surface area (Å²) in [5.41, 5.74) is 1.39. The lowest BCUT2D eigenvalue weighted by molar-refractivity contribution is 0.448. The molecule has 1 heterocycles. The van der Waals surface area contributed by atoms with Gasteiger partial charge in [0.25, 0.3) is 0 Å². The molecule has 2 aromatic rings. The zero-order valence-corrected chi connectivity index (χ0v) is 6.95. The summed E-state index contributed by atoms with van der Waals surface area (Å²) in [5.74, 6) is -0.539. The second-order valence-corrected chi connectivity index (χ2v) is 2.77. The van der Waals surface area contributed by atoms with Gasteiger partial charge >= 0.3 is 0 Å². The van der Waals surface area contributed by atoms with Gasteiger partial charge in [0.05, 0.1) is 16.7 Å². The summed E-state index contributed by atoms with van der Waals surface area (Å²) in [5, 5.41) is 9.21. The number of aromatic hydroxyl groups is 1. The van der Waals surface area contributed by atoms with E-state index in [1.54, 1.807) is 6.92 Å². The van der Waals surface area contributed by atoms with Gasteiger partial charge in [0.1, 0.15) is 5.82 Å². The van der Waals surface area contributed by atoms with Crippen LogP contribution in [0, 0.1) is 12.7 Å². The molecule has 0 atom stereocenters. The second kappa shape index (κ2) is 2.65. The van der Waals surface area contributed by atoms with Gasteiger partial charge in [-0.15, -0.1) is 0 Å². The molecule has 13 heavy (non-hydrogen) atoms. The van der Waals surface area contributed by atoms with Gasteiger partial charge in [-0.25, -0.2) is 14.4 Å². The topological polar surface area (TPSA) is 46.0 Å². The highest BCUT2D eigenvalue weighted by atomic mass is 19.1. The Labute approximate surface area is 73.9 Å². The zero-order valence-electron chi connectivity index (χ0n) is 6.95. The number of aryl methyl sites for hydroxylation is 1. The number of rotatable bonds is 0. The lowest BCUT2D eigenvalue weighted by atomic mass is 10.3. The van der Waals surface area contributed by atoms with Crippen LogP contribution in [0.25, 0.3) is 11.0 Å². The number of hydrogen-bond acceptors (Lipinski definition) is 3. The molecule has 0 spiro atoms. The molecule has 0 amide bonds. The van der Waals surface area contributed by atoms with Crippen LogP contribution >= 0.6 is 0 Å². The summed E-state index contributed by atoms with van der Waals surface area (Å²) in [6, 6.07) is 4.08. The maximum atomic E-state index is 12.7. The Kier molecular flexibility index (Phi) is 1.62. The highest BCUT2D eigenvalue weighted by Gasteiger charge is 2.03. The van der Waals surface area contributed by atoms with Crippen molar-refractivity contribution >= 4 is 11.0 Å². The van der Waals surface area contributed by atoms with Crippen molar-refractivity contribution in [3.05, 3.63) is 29.7 Å². The molecular formula is C9H7FN2O. The van der Waals surface area contributed by atoms with E-state index in [9.17, 15) is 9.50 Å². The Morgan fingerprint density at radius 1 is 1.23 bits per heavy atom. The molecule has 0 aliphatic heterocycles. The van der Waals surface area contributed by atoms with Crippen LogP contribution in [0.5, 0.6) is 5.88 Å². The van der Waals surface area contributed by atoms with E-state index in [2.05, 4.69) is 9.97 Å². The summed E-state index contributed by atoms with van der Waals surface area (Å²) < 4.78 is 12.7. The molecule has 0 radical (unpaired) electrons. The molecule has 1 aromatic carbocycles. The summed E-state index contributed by atoms with van der Waals surface area (Å²) in [4.78, 5) is 7.83. The fraction of sp³-hybridized carbons (Fsp3) is 0.111. The standard InChI is InChI=1S/C9H7FN2O/c1-5-9(13)12-8-4-6(10)2-3-7(8)11-5/h2-4H,1H3,(H,12,13). The van der Waals surface area contributed by atoms with Crippen LogP contribution in [0.2, 0.25) is 0 Å². The van der Waals surface area contributed by atoms with Crippen molar-refractivity contribution < 1.29 is 9.50 Å². The summed E-state index contributed by atoms with van der Waals surface area (Å²) in [6.07, 6.45) is 0. The molecule has 0 saturated heterocycles. The van der Waals surface area contributed by atoms with Crippen LogP contribution in [-0.2, 0) is 0 Å². The quantitative estimate of drug-likeness (QED) is 0.668. The third-order valence-electron chi connectivity index (χ3n) is 1.78. The summed E-state index contributed by atoms with van der Waals surface area (Å²) in [7, 11) is 0. The van der Waals surface area contributed by atoms with E-state index < -0.39 is 0 Å². The zero-order chi connectivity index (χ0) is 9.42. The lowest BCUT2D eigenvalue weighted by Crippen LogP contribution is -1.89. The maximum absolute atomic E-state index is 12.7. The molecule has 0 bridgehead atoms. The number of hydrogen-bond donors (Lipinski definition) is 1. The smallest absolute Gasteiger partial charge is 0.233 e. The SMILES string of the molecule is Cc1nc2ccc(F)cc2nc1O. The van der Waals surface area contributed by atoms with Crippen LogP contribution in [-0.4, -0.2) is 15.1 Å². The number of fused-ring (bicyclic) bond motifs is 1. The first-order chi connectivity index (χ1) is 6.16. The van der Waals surface area contributed by atoms with Gasteiger partial charge < -0.3 is 5.11 Å². The molecular weight excluding hydrogens is 171 g/mol. The van der Waals surface area contributed by atoms with E-state index in [1.807, 2.05) is 0 Å². The van der Waals surface area contributed by atoms with E-state index in [0.29, 0.717) is 16.7 Å². The van der Waals surface area contributed by atoms with Gasteiger partial charge in [-0.2, -0.15) is 0 Å². The van der Waals surface area contributed by atoms with Crippen molar-refractivity contribution in [1.29, 1.82) is 0 Å². The predicted molar refractivity (Wildman–Crippen MR) is 45.9 cm³/mol. The van der Waals surface area contributed by atoms with Gasteiger partial charge in [0.2, 0.25) is 5.88 Å². The first-order valence-electron chi connectivity index (χ1n) is 3.80. The predicted octanol–water partition coefficient (Wildman–Crippen LogP) is 1.78. The Morgan fingerprint density at radius 3 is 2.77 bits per heavy atom. The highest BCUT2D eigenvalue weighted by molar-refractivity contribution is 5.74. The van der Waals surface area contributed by atoms with Crippen LogP contribution in [0.3, 0.4) is 0 Å². The normalized spacial score (nSPS) is 10.6. The Hall–Kier alpha value is -1.71. The molecule has 1 aromatic heterocycles. The Balaban J connectivity index is 2.81. The third-order valence-corrected chi connectivity index (χ3v) is 1.78. The molecule has 3 nitrogen and oxygen atoms in total. The summed E-state index contributed by atoms with van der Waals surface area (Å²) in [6.45, 7) is 1.64. The molecule has 0 aliphatic carbocycles. The van der Waals surface area contributed by atoms with Crippen molar-refractivity contribution in [2.24, 2.45) is 0 Å². The number of nitrogens with zero attached hydrogens (tertiary/aromatic N) is 2. The molecule has 4 heteroatoms. The van der Waals surface area contributed by atoms with Crippen LogP contribution in [0.1, 0.15) is 5.69 Å². The largest absolute Gasteiger partial charge is 0.492 e. The van der Waals surface area contributed by atoms with Gasteiger partial charge in [-0.3, -0.25) is 0 Å². The number of aromatic nitrogens is 2. The molecule has 0 saturated carbocycles. The monoisotopic (exact) mass is 178 g/mol. The maximum Gasteiger partial charge on any atom is 0.233 e. The van der Waals surface area contributed by atoms with Crippen LogP contribution < -0.4 is 0 Å². The van der Waals surface area contributed by atoms with E-state index >= 15 is 0 Å². The fourth-order valence-electron chi connectivity index (χ4n) is 1.11. The van der Waals surface area contributed by atoms with E-state index in [4.69, 9.17) is 0 Å². The summed E-state index contributed by atoms with van der Waals surface area (Å²) >= 11 is 0. The van der Waals surface area contributed by atoms with Crippen molar-refractivity contribution in [2.45, 2.75) is 6.92 Å². The van der Waals surface area contributed by atoms with Crippen LogP contribution in [0.15, 0.2) is 18.2 Å². The molecule has 0 fully saturated rings. The van der Waals surface area contributed by atoms with Gasteiger partial charge in [-0.1, -0.05) is 0 Å². The Bertz CT molecular complexity index is 470. The fourth-order valence-corrected chi connectivity index (χ4v) is 1.11. The first-order valence-corrected chi connectivity index (χ1v) is 3.80. The lowest BCUT2D eigenvalue weighted by Gasteiger charge is -2.00. The van der Waals surface area contributed by atoms with Crippen molar-refractivity contribution in [3.63, 3.8) is 0 Å². The average Bonchev–Trinajstić information content (AvgIpc) is 2.08. The third kappa shape index (κ3) is 1.30.